The molecule has 0 unspecified atom stereocenters. The number of nitrogens with zero attached hydrogens (tertiary/aromatic N) is 1. The van der Waals surface area contributed by atoms with Crippen LogP contribution in [0.5, 0.6) is 0 Å². The summed E-state index contributed by atoms with van der Waals surface area (Å²) in [4.78, 5) is 27.3. The quantitative estimate of drug-likeness (QED) is 0.700. The summed E-state index contributed by atoms with van der Waals surface area (Å²) in [5, 5.41) is 2.54. The Balaban J connectivity index is 1.82. The number of nitrogens with one attached hydrogen (secondary N) is 1. The molecule has 0 fully saturated rings. The van der Waals surface area contributed by atoms with E-state index < -0.39 is 27.5 Å². The fraction of sp³-hybridized carbons (Fsp3) is 0.312. The average molecular weight is 382 g/mol. The summed E-state index contributed by atoms with van der Waals surface area (Å²) in [5.41, 5.74) is 1.06. The average Bonchev–Trinajstić information content (AvgIpc) is 3.02. The van der Waals surface area contributed by atoms with Gasteiger partial charge in [-0.1, -0.05) is 41.7 Å². The number of anilines is 1. The van der Waals surface area contributed by atoms with Crippen LogP contribution in [0.2, 0.25) is 0 Å². The minimum absolute atomic E-state index is 0.0689. The van der Waals surface area contributed by atoms with Gasteiger partial charge >= 0.3 is 5.97 Å². The van der Waals surface area contributed by atoms with E-state index in [-0.39, 0.29) is 15.8 Å². The summed E-state index contributed by atoms with van der Waals surface area (Å²) in [6.07, 6.45) is 2.35. The van der Waals surface area contributed by atoms with E-state index in [0.717, 1.165) is 16.9 Å². The predicted molar refractivity (Wildman–Crippen MR) is 95.5 cm³/mol. The van der Waals surface area contributed by atoms with Crippen molar-refractivity contribution in [2.45, 2.75) is 12.8 Å². The molecule has 0 bridgehead atoms. The van der Waals surface area contributed by atoms with Gasteiger partial charge in [-0.15, -0.1) is 0 Å². The maximum atomic E-state index is 12.0. The second kappa shape index (κ2) is 8.72. The van der Waals surface area contributed by atoms with Gasteiger partial charge in [-0.05, 0) is 18.4 Å². The zero-order valence-electron chi connectivity index (χ0n) is 13.6. The van der Waals surface area contributed by atoms with Crippen molar-refractivity contribution in [2.24, 2.45) is 0 Å². The van der Waals surface area contributed by atoms with Gasteiger partial charge in [-0.2, -0.15) is 0 Å². The lowest BCUT2D eigenvalue weighted by molar-refractivity contribution is -0.113. The monoisotopic (exact) mass is 382 g/mol. The number of hydrogen-bond acceptors (Lipinski definition) is 7. The SMILES string of the molecule is COC(=O)c1cnc(NC(=O)CS(=O)(=O)CCCc2ccccc2)s1. The molecule has 0 aliphatic rings. The summed E-state index contributed by atoms with van der Waals surface area (Å²) in [5.74, 6) is -1.92. The first kappa shape index (κ1) is 19.1. The molecule has 1 aromatic carbocycles. The number of aromatic nitrogens is 1. The van der Waals surface area contributed by atoms with Gasteiger partial charge in [0.25, 0.3) is 0 Å². The third-order valence-electron chi connectivity index (χ3n) is 3.25. The first-order chi connectivity index (χ1) is 11.9. The molecule has 1 amide bonds. The number of carbonyl (C=O) groups is 2. The summed E-state index contributed by atoms with van der Waals surface area (Å²) in [7, 11) is -2.27. The van der Waals surface area contributed by atoms with Crippen LogP contribution in [0.4, 0.5) is 5.13 Å². The van der Waals surface area contributed by atoms with Crippen molar-refractivity contribution in [1.82, 2.24) is 4.98 Å². The molecule has 1 aromatic heterocycles. The molecule has 2 rings (SSSR count). The van der Waals surface area contributed by atoms with Gasteiger partial charge in [0.05, 0.1) is 19.1 Å². The second-order valence-electron chi connectivity index (χ2n) is 5.25. The Morgan fingerprint density at radius 1 is 1.24 bits per heavy atom. The summed E-state index contributed by atoms with van der Waals surface area (Å²) >= 11 is 0.923. The Morgan fingerprint density at radius 2 is 1.96 bits per heavy atom. The van der Waals surface area contributed by atoms with Gasteiger partial charge in [-0.3, -0.25) is 4.79 Å². The van der Waals surface area contributed by atoms with Crippen LogP contribution in [0.15, 0.2) is 36.5 Å². The van der Waals surface area contributed by atoms with E-state index in [2.05, 4.69) is 15.0 Å². The highest BCUT2D eigenvalue weighted by molar-refractivity contribution is 7.92. The van der Waals surface area contributed by atoms with Crippen LogP contribution < -0.4 is 5.32 Å². The number of hydrogen-bond donors (Lipinski definition) is 1. The number of thiazole rings is 1. The molecule has 134 valence electrons. The molecular weight excluding hydrogens is 364 g/mol. The molecule has 2 aromatic rings. The highest BCUT2D eigenvalue weighted by atomic mass is 32.2. The van der Waals surface area contributed by atoms with E-state index in [1.54, 1.807) is 0 Å². The highest BCUT2D eigenvalue weighted by Gasteiger charge is 2.18. The first-order valence-electron chi connectivity index (χ1n) is 7.48. The van der Waals surface area contributed by atoms with Crippen molar-refractivity contribution >= 4 is 38.2 Å². The summed E-state index contributed by atoms with van der Waals surface area (Å²) in [6.45, 7) is 0. The van der Waals surface area contributed by atoms with E-state index in [0.29, 0.717) is 12.8 Å². The number of esters is 1. The lowest BCUT2D eigenvalue weighted by atomic mass is 10.1. The minimum Gasteiger partial charge on any atom is -0.465 e. The van der Waals surface area contributed by atoms with Crippen LogP contribution in [0.25, 0.3) is 0 Å². The van der Waals surface area contributed by atoms with Crippen LogP contribution in [-0.2, 0) is 25.8 Å². The third kappa shape index (κ3) is 6.28. The number of methoxy groups -OCH3 is 1. The number of amides is 1. The molecule has 1 heterocycles. The topological polar surface area (TPSA) is 102 Å². The molecule has 0 aliphatic carbocycles. The van der Waals surface area contributed by atoms with Crippen LogP contribution in [0, 0.1) is 0 Å². The van der Waals surface area contributed by atoms with Crippen LogP contribution >= 0.6 is 11.3 Å². The van der Waals surface area contributed by atoms with Crippen molar-refractivity contribution in [3.63, 3.8) is 0 Å². The summed E-state index contributed by atoms with van der Waals surface area (Å²) < 4.78 is 28.6. The molecule has 0 aliphatic heterocycles. The van der Waals surface area contributed by atoms with E-state index >= 15 is 0 Å². The Bertz CT molecular complexity index is 831. The highest BCUT2D eigenvalue weighted by Crippen LogP contribution is 2.18. The first-order valence-corrected chi connectivity index (χ1v) is 10.1. The number of benzene rings is 1. The van der Waals surface area contributed by atoms with Gasteiger partial charge in [0.2, 0.25) is 5.91 Å². The normalized spacial score (nSPS) is 11.1. The van der Waals surface area contributed by atoms with Crippen molar-refractivity contribution in [3.05, 3.63) is 47.0 Å². The van der Waals surface area contributed by atoms with Gasteiger partial charge in [0.15, 0.2) is 15.0 Å². The Labute approximate surface area is 150 Å². The molecule has 0 spiro atoms. The maximum Gasteiger partial charge on any atom is 0.349 e. The van der Waals surface area contributed by atoms with Crippen LogP contribution in [-0.4, -0.2) is 43.9 Å². The Hall–Kier alpha value is -2.26. The van der Waals surface area contributed by atoms with Crippen LogP contribution in [0.3, 0.4) is 0 Å². The van der Waals surface area contributed by atoms with Crippen molar-refractivity contribution in [3.8, 4) is 0 Å². The maximum absolute atomic E-state index is 12.0. The molecule has 0 atom stereocenters. The number of sulfone groups is 1. The molecule has 25 heavy (non-hydrogen) atoms. The van der Waals surface area contributed by atoms with E-state index in [1.807, 2.05) is 30.3 Å². The van der Waals surface area contributed by atoms with E-state index in [9.17, 15) is 18.0 Å². The lowest BCUT2D eigenvalue weighted by Crippen LogP contribution is -2.24. The van der Waals surface area contributed by atoms with Crippen LogP contribution in [0.1, 0.15) is 21.7 Å². The van der Waals surface area contributed by atoms with Gasteiger partial charge in [0.1, 0.15) is 10.6 Å². The Morgan fingerprint density at radius 3 is 2.64 bits per heavy atom. The molecular formula is C16H18N2O5S2. The van der Waals surface area contributed by atoms with E-state index in [4.69, 9.17) is 0 Å². The minimum atomic E-state index is -3.51. The molecule has 0 radical (unpaired) electrons. The van der Waals surface area contributed by atoms with Gasteiger partial charge in [0, 0.05) is 0 Å². The summed E-state index contributed by atoms with van der Waals surface area (Å²) in [6, 6.07) is 9.55. The van der Waals surface area contributed by atoms with Crippen molar-refractivity contribution in [2.75, 3.05) is 23.9 Å². The third-order valence-corrected chi connectivity index (χ3v) is 5.76. The second-order valence-corrected chi connectivity index (χ2v) is 8.47. The standard InChI is InChI=1S/C16H18N2O5S2/c1-23-15(20)13-10-17-16(24-13)18-14(19)11-25(21,22)9-5-8-12-6-3-2-4-7-12/h2-4,6-7,10H,5,8-9,11H2,1H3,(H,17,18,19). The molecule has 7 nitrogen and oxygen atoms in total. The Kier molecular flexibility index (Phi) is 6.65. The zero-order chi connectivity index (χ0) is 18.3. The fourth-order valence-electron chi connectivity index (χ4n) is 2.10. The molecule has 0 saturated carbocycles. The number of rotatable bonds is 8. The fourth-order valence-corrected chi connectivity index (χ4v) is 4.05. The van der Waals surface area contributed by atoms with Crippen molar-refractivity contribution < 1.29 is 22.7 Å². The van der Waals surface area contributed by atoms with Gasteiger partial charge in [-0.25, -0.2) is 18.2 Å². The number of carbonyl (C=O) groups excluding carboxylic acids is 2. The predicted octanol–water partition coefficient (Wildman–Crippen LogP) is 1.92. The molecule has 0 saturated heterocycles. The number of aryl methyl sites for hydroxylation is 1. The molecule has 1 N–H and O–H groups in total. The zero-order valence-corrected chi connectivity index (χ0v) is 15.2. The smallest absolute Gasteiger partial charge is 0.349 e. The van der Waals surface area contributed by atoms with E-state index in [1.165, 1.54) is 13.3 Å². The number of ether oxygens (including phenoxy) is 1. The molecule has 9 heteroatoms. The largest absolute Gasteiger partial charge is 0.465 e. The van der Waals surface area contributed by atoms with Crippen molar-refractivity contribution in [1.29, 1.82) is 0 Å². The van der Waals surface area contributed by atoms with Gasteiger partial charge < -0.3 is 10.1 Å². The lowest BCUT2D eigenvalue weighted by Gasteiger charge is -2.05.